The van der Waals surface area contributed by atoms with E-state index in [9.17, 15) is 14.7 Å². The van der Waals surface area contributed by atoms with Crippen molar-refractivity contribution in [2.75, 3.05) is 6.54 Å². The summed E-state index contributed by atoms with van der Waals surface area (Å²) in [5, 5.41) is 9.75. The van der Waals surface area contributed by atoms with Crippen LogP contribution in [-0.4, -0.2) is 39.0 Å². The first-order valence-electron chi connectivity index (χ1n) is 6.18. The number of carbonyl (C=O) groups is 2. The fraction of sp³-hybridized carbons (Fsp3) is 0.462. The Labute approximate surface area is 116 Å². The number of halogens is 1. The van der Waals surface area contributed by atoms with Crippen LogP contribution in [0.25, 0.3) is 0 Å². The number of carbonyl (C=O) groups excluding carboxylic acids is 1. The van der Waals surface area contributed by atoms with Gasteiger partial charge in [-0.3, -0.25) is 9.78 Å². The summed E-state index contributed by atoms with van der Waals surface area (Å²) >= 11 is 5.98. The van der Waals surface area contributed by atoms with Crippen LogP contribution in [0.3, 0.4) is 0 Å². The summed E-state index contributed by atoms with van der Waals surface area (Å²) in [5.41, 5.74) is -0.860. The van der Waals surface area contributed by atoms with Crippen molar-refractivity contribution >= 4 is 23.5 Å². The van der Waals surface area contributed by atoms with Crippen LogP contribution in [0.4, 0.5) is 0 Å². The van der Waals surface area contributed by atoms with Crippen molar-refractivity contribution in [2.45, 2.75) is 31.7 Å². The summed E-state index contributed by atoms with van der Waals surface area (Å²) in [4.78, 5) is 29.3. The minimum absolute atomic E-state index is 0.255. The SMILES string of the molecule is CCC1(C(=O)O)CCCN1C(=O)c1cnccc1Cl. The van der Waals surface area contributed by atoms with Crippen LogP contribution in [0.2, 0.25) is 5.02 Å². The first-order valence-corrected chi connectivity index (χ1v) is 6.55. The lowest BCUT2D eigenvalue weighted by atomic mass is 9.92. The molecule has 1 saturated heterocycles. The molecule has 0 radical (unpaired) electrons. The quantitative estimate of drug-likeness (QED) is 0.923. The van der Waals surface area contributed by atoms with E-state index in [0.717, 1.165) is 0 Å². The Morgan fingerprint density at radius 1 is 1.58 bits per heavy atom. The lowest BCUT2D eigenvalue weighted by molar-refractivity contribution is -0.148. The predicted octanol–water partition coefficient (Wildman–Crippen LogP) is 2.20. The van der Waals surface area contributed by atoms with Gasteiger partial charge in [-0.1, -0.05) is 18.5 Å². The van der Waals surface area contributed by atoms with Gasteiger partial charge in [0.2, 0.25) is 0 Å². The summed E-state index contributed by atoms with van der Waals surface area (Å²) in [7, 11) is 0. The molecular formula is C13H15ClN2O3. The van der Waals surface area contributed by atoms with Crippen LogP contribution in [-0.2, 0) is 4.79 Å². The predicted molar refractivity (Wildman–Crippen MR) is 70.2 cm³/mol. The van der Waals surface area contributed by atoms with E-state index < -0.39 is 11.5 Å². The number of pyridine rings is 1. The van der Waals surface area contributed by atoms with E-state index in [4.69, 9.17) is 11.6 Å². The minimum atomic E-state index is -1.11. The second-order valence-electron chi connectivity index (χ2n) is 4.61. The van der Waals surface area contributed by atoms with Gasteiger partial charge in [0.15, 0.2) is 0 Å². The lowest BCUT2D eigenvalue weighted by Crippen LogP contribution is -2.52. The Bertz CT molecular complexity index is 520. The molecule has 1 atom stereocenters. The highest BCUT2D eigenvalue weighted by Crippen LogP contribution is 2.34. The molecule has 1 amide bonds. The molecule has 1 unspecified atom stereocenters. The molecule has 102 valence electrons. The van der Waals surface area contributed by atoms with Crippen molar-refractivity contribution in [1.29, 1.82) is 0 Å². The summed E-state index contributed by atoms with van der Waals surface area (Å²) in [6.45, 7) is 2.22. The number of rotatable bonds is 3. The van der Waals surface area contributed by atoms with E-state index in [1.54, 1.807) is 6.92 Å². The van der Waals surface area contributed by atoms with E-state index in [1.807, 2.05) is 0 Å². The smallest absolute Gasteiger partial charge is 0.329 e. The third-order valence-corrected chi connectivity index (χ3v) is 4.04. The van der Waals surface area contributed by atoms with Crippen LogP contribution in [0, 0.1) is 0 Å². The van der Waals surface area contributed by atoms with Gasteiger partial charge in [0.05, 0.1) is 10.6 Å². The first kappa shape index (κ1) is 13.8. The number of likely N-dealkylation sites (tertiary alicyclic amines) is 1. The molecule has 1 aromatic rings. The van der Waals surface area contributed by atoms with Gasteiger partial charge in [-0.25, -0.2) is 4.79 Å². The summed E-state index contributed by atoms with van der Waals surface area (Å²) in [6, 6.07) is 1.53. The highest BCUT2D eigenvalue weighted by atomic mass is 35.5. The molecule has 0 bridgehead atoms. The number of hydrogen-bond donors (Lipinski definition) is 1. The van der Waals surface area contributed by atoms with Gasteiger partial charge in [0, 0.05) is 18.9 Å². The Morgan fingerprint density at radius 3 is 2.89 bits per heavy atom. The maximum Gasteiger partial charge on any atom is 0.329 e. The molecule has 19 heavy (non-hydrogen) atoms. The Hall–Kier alpha value is -1.62. The fourth-order valence-corrected chi connectivity index (χ4v) is 2.78. The van der Waals surface area contributed by atoms with Gasteiger partial charge in [0.25, 0.3) is 5.91 Å². The Kier molecular flexibility index (Phi) is 3.75. The summed E-state index contributed by atoms with van der Waals surface area (Å²) < 4.78 is 0. The molecule has 1 N–H and O–H groups in total. The van der Waals surface area contributed by atoms with Gasteiger partial charge in [-0.15, -0.1) is 0 Å². The normalized spacial score (nSPS) is 22.5. The van der Waals surface area contributed by atoms with Crippen molar-refractivity contribution in [3.63, 3.8) is 0 Å². The Balaban J connectivity index is 2.38. The van der Waals surface area contributed by atoms with Crippen molar-refractivity contribution in [2.24, 2.45) is 0 Å². The van der Waals surface area contributed by atoms with Crippen LogP contribution in [0.15, 0.2) is 18.5 Å². The third-order valence-electron chi connectivity index (χ3n) is 3.72. The number of hydrogen-bond acceptors (Lipinski definition) is 3. The number of aliphatic carboxylic acids is 1. The van der Waals surface area contributed by atoms with Crippen LogP contribution < -0.4 is 0 Å². The topological polar surface area (TPSA) is 70.5 Å². The maximum atomic E-state index is 12.5. The number of amides is 1. The van der Waals surface area contributed by atoms with Crippen molar-refractivity contribution in [1.82, 2.24) is 9.88 Å². The van der Waals surface area contributed by atoms with Crippen LogP contribution in [0.1, 0.15) is 36.5 Å². The second-order valence-corrected chi connectivity index (χ2v) is 5.01. The van der Waals surface area contributed by atoms with Gasteiger partial charge < -0.3 is 10.0 Å². The van der Waals surface area contributed by atoms with Crippen molar-refractivity contribution in [3.05, 3.63) is 29.0 Å². The van der Waals surface area contributed by atoms with Crippen LogP contribution >= 0.6 is 11.6 Å². The number of aromatic nitrogens is 1. The number of nitrogens with zero attached hydrogens (tertiary/aromatic N) is 2. The standard InChI is InChI=1S/C13H15ClN2O3/c1-2-13(12(18)19)5-3-7-16(13)11(17)9-8-15-6-4-10(9)14/h4,6,8H,2-3,5,7H2,1H3,(H,18,19). The molecule has 1 aliphatic heterocycles. The molecule has 5 nitrogen and oxygen atoms in total. The van der Waals surface area contributed by atoms with Crippen molar-refractivity contribution < 1.29 is 14.7 Å². The zero-order valence-electron chi connectivity index (χ0n) is 10.6. The zero-order valence-corrected chi connectivity index (χ0v) is 11.4. The summed E-state index contributed by atoms with van der Waals surface area (Å²) in [6.07, 6.45) is 4.41. The molecule has 1 aliphatic rings. The minimum Gasteiger partial charge on any atom is -0.479 e. The Morgan fingerprint density at radius 2 is 2.32 bits per heavy atom. The van der Waals surface area contributed by atoms with E-state index in [-0.39, 0.29) is 11.5 Å². The van der Waals surface area contributed by atoms with E-state index in [1.165, 1.54) is 23.4 Å². The van der Waals surface area contributed by atoms with Gasteiger partial charge in [-0.05, 0) is 25.3 Å². The lowest BCUT2D eigenvalue weighted by Gasteiger charge is -2.34. The second kappa shape index (κ2) is 5.17. The van der Waals surface area contributed by atoms with E-state index in [2.05, 4.69) is 4.98 Å². The molecule has 1 fully saturated rings. The number of carboxylic acids is 1. The first-order chi connectivity index (χ1) is 9.03. The molecule has 0 saturated carbocycles. The fourth-order valence-electron chi connectivity index (χ4n) is 2.60. The third kappa shape index (κ3) is 2.18. The highest BCUT2D eigenvalue weighted by Gasteiger charge is 2.48. The molecule has 1 aromatic heterocycles. The van der Waals surface area contributed by atoms with Gasteiger partial charge >= 0.3 is 5.97 Å². The van der Waals surface area contributed by atoms with Gasteiger partial charge in [-0.2, -0.15) is 0 Å². The van der Waals surface area contributed by atoms with Crippen LogP contribution in [0.5, 0.6) is 0 Å². The van der Waals surface area contributed by atoms with Gasteiger partial charge in [0.1, 0.15) is 5.54 Å². The zero-order chi connectivity index (χ0) is 14.0. The maximum absolute atomic E-state index is 12.5. The molecule has 2 rings (SSSR count). The molecule has 0 aliphatic carbocycles. The van der Waals surface area contributed by atoms with Crippen molar-refractivity contribution in [3.8, 4) is 0 Å². The largest absolute Gasteiger partial charge is 0.479 e. The molecule has 2 heterocycles. The highest BCUT2D eigenvalue weighted by molar-refractivity contribution is 6.33. The molecule has 0 spiro atoms. The van der Waals surface area contributed by atoms with E-state index in [0.29, 0.717) is 30.8 Å². The number of carboxylic acid groups (broad SMARTS) is 1. The average Bonchev–Trinajstić information content (AvgIpc) is 2.83. The molecule has 6 heteroatoms. The molecule has 0 aromatic carbocycles. The molecular weight excluding hydrogens is 268 g/mol. The average molecular weight is 283 g/mol. The summed E-state index contributed by atoms with van der Waals surface area (Å²) in [5.74, 6) is -1.32. The van der Waals surface area contributed by atoms with E-state index >= 15 is 0 Å². The monoisotopic (exact) mass is 282 g/mol.